The molecule has 0 unspecified atom stereocenters. The Kier molecular flexibility index (Phi) is 3.45. The summed E-state index contributed by atoms with van der Waals surface area (Å²) < 4.78 is 16.9. The normalized spacial score (nSPS) is 21.3. The lowest BCUT2D eigenvalue weighted by molar-refractivity contribution is 0.0729. The van der Waals surface area contributed by atoms with Crippen molar-refractivity contribution in [2.24, 2.45) is 0 Å². The number of esters is 1. The van der Waals surface area contributed by atoms with Gasteiger partial charge in [0.05, 0.1) is 12.7 Å². The maximum absolute atomic E-state index is 12.3. The molecule has 4 heteroatoms. The molecule has 1 aliphatic carbocycles. The molecule has 2 aromatic rings. The van der Waals surface area contributed by atoms with Crippen LogP contribution in [-0.4, -0.2) is 19.2 Å². The summed E-state index contributed by atoms with van der Waals surface area (Å²) in [7, 11) is 1.57. The molecule has 1 heterocycles. The molecular weight excluding hydrogens is 292 g/mol. The SMILES string of the molecule is COc1cc2c(cc1OC(=O)c1ccccc1)[C@H]1CCC[C@H]1O2. The van der Waals surface area contributed by atoms with E-state index < -0.39 is 0 Å². The number of carbonyl (C=O) groups excluding carboxylic acids is 1. The second kappa shape index (κ2) is 5.61. The molecule has 0 N–H and O–H groups in total. The van der Waals surface area contributed by atoms with E-state index in [-0.39, 0.29) is 12.1 Å². The van der Waals surface area contributed by atoms with E-state index in [4.69, 9.17) is 14.2 Å². The third kappa shape index (κ3) is 2.44. The Morgan fingerprint density at radius 1 is 1.13 bits per heavy atom. The Morgan fingerprint density at radius 3 is 2.74 bits per heavy atom. The number of benzene rings is 2. The number of methoxy groups -OCH3 is 1. The van der Waals surface area contributed by atoms with E-state index in [9.17, 15) is 4.79 Å². The highest BCUT2D eigenvalue weighted by Crippen LogP contribution is 2.50. The molecule has 4 nitrogen and oxygen atoms in total. The summed E-state index contributed by atoms with van der Waals surface area (Å²) in [5, 5.41) is 0. The molecule has 1 fully saturated rings. The van der Waals surface area contributed by atoms with E-state index in [1.807, 2.05) is 30.3 Å². The number of rotatable bonds is 3. The van der Waals surface area contributed by atoms with Crippen molar-refractivity contribution in [2.75, 3.05) is 7.11 Å². The van der Waals surface area contributed by atoms with Crippen molar-refractivity contribution in [1.82, 2.24) is 0 Å². The lowest BCUT2D eigenvalue weighted by Crippen LogP contribution is -2.11. The summed E-state index contributed by atoms with van der Waals surface area (Å²) in [4.78, 5) is 12.3. The van der Waals surface area contributed by atoms with Crippen LogP contribution in [0.2, 0.25) is 0 Å². The van der Waals surface area contributed by atoms with E-state index in [0.29, 0.717) is 23.0 Å². The minimum Gasteiger partial charge on any atom is -0.493 e. The second-order valence-corrected chi connectivity index (χ2v) is 5.99. The summed E-state index contributed by atoms with van der Waals surface area (Å²) in [5.74, 6) is 1.86. The molecule has 118 valence electrons. The Hall–Kier alpha value is -2.49. The molecule has 0 spiro atoms. The average Bonchev–Trinajstić information content (AvgIpc) is 3.16. The minimum atomic E-state index is -0.384. The number of hydrogen-bond donors (Lipinski definition) is 0. The van der Waals surface area contributed by atoms with E-state index in [1.54, 1.807) is 19.2 Å². The van der Waals surface area contributed by atoms with Crippen LogP contribution >= 0.6 is 0 Å². The summed E-state index contributed by atoms with van der Waals surface area (Å²) in [6, 6.07) is 12.7. The summed E-state index contributed by atoms with van der Waals surface area (Å²) in [5.41, 5.74) is 1.65. The zero-order chi connectivity index (χ0) is 15.8. The van der Waals surface area contributed by atoms with Gasteiger partial charge in [-0.25, -0.2) is 4.79 Å². The summed E-state index contributed by atoms with van der Waals surface area (Å²) >= 11 is 0. The number of ether oxygens (including phenoxy) is 3. The highest BCUT2D eigenvalue weighted by molar-refractivity contribution is 5.91. The topological polar surface area (TPSA) is 44.8 Å². The average molecular weight is 310 g/mol. The minimum absolute atomic E-state index is 0.259. The van der Waals surface area contributed by atoms with Crippen LogP contribution in [-0.2, 0) is 0 Å². The lowest BCUT2D eigenvalue weighted by atomic mass is 9.97. The third-order valence-electron chi connectivity index (χ3n) is 4.64. The first kappa shape index (κ1) is 14.1. The van der Waals surface area contributed by atoms with Crippen molar-refractivity contribution in [3.05, 3.63) is 53.6 Å². The first-order valence-corrected chi connectivity index (χ1v) is 7.92. The quantitative estimate of drug-likeness (QED) is 0.636. The van der Waals surface area contributed by atoms with Gasteiger partial charge in [0.15, 0.2) is 11.5 Å². The fourth-order valence-electron chi connectivity index (χ4n) is 3.51. The highest BCUT2D eigenvalue weighted by Gasteiger charge is 2.39. The van der Waals surface area contributed by atoms with E-state index in [2.05, 4.69) is 0 Å². The van der Waals surface area contributed by atoms with Gasteiger partial charge in [0, 0.05) is 17.5 Å². The Balaban J connectivity index is 1.66. The van der Waals surface area contributed by atoms with Crippen LogP contribution in [0.25, 0.3) is 0 Å². The van der Waals surface area contributed by atoms with Crippen LogP contribution in [0.5, 0.6) is 17.2 Å². The molecule has 0 saturated heterocycles. The zero-order valence-corrected chi connectivity index (χ0v) is 13.0. The van der Waals surface area contributed by atoms with Gasteiger partial charge in [0.1, 0.15) is 11.9 Å². The monoisotopic (exact) mass is 310 g/mol. The van der Waals surface area contributed by atoms with Gasteiger partial charge >= 0.3 is 5.97 Å². The predicted molar refractivity (Wildman–Crippen MR) is 85.4 cm³/mol. The van der Waals surface area contributed by atoms with Crippen molar-refractivity contribution in [3.63, 3.8) is 0 Å². The largest absolute Gasteiger partial charge is 0.493 e. The van der Waals surface area contributed by atoms with Crippen LogP contribution < -0.4 is 14.2 Å². The van der Waals surface area contributed by atoms with Crippen molar-refractivity contribution in [1.29, 1.82) is 0 Å². The molecule has 23 heavy (non-hydrogen) atoms. The van der Waals surface area contributed by atoms with Gasteiger partial charge < -0.3 is 14.2 Å². The smallest absolute Gasteiger partial charge is 0.343 e. The van der Waals surface area contributed by atoms with Crippen LogP contribution in [0, 0.1) is 0 Å². The molecule has 0 bridgehead atoms. The van der Waals surface area contributed by atoms with Gasteiger partial charge in [-0.2, -0.15) is 0 Å². The maximum Gasteiger partial charge on any atom is 0.343 e. The number of hydrogen-bond acceptors (Lipinski definition) is 4. The Bertz CT molecular complexity index is 739. The third-order valence-corrected chi connectivity index (χ3v) is 4.64. The van der Waals surface area contributed by atoms with E-state index in [0.717, 1.165) is 24.2 Å². The number of carbonyl (C=O) groups is 1. The first-order chi connectivity index (χ1) is 11.3. The molecule has 2 aromatic carbocycles. The molecule has 0 radical (unpaired) electrons. The van der Waals surface area contributed by atoms with Crippen LogP contribution in [0.3, 0.4) is 0 Å². The zero-order valence-electron chi connectivity index (χ0n) is 13.0. The van der Waals surface area contributed by atoms with Gasteiger partial charge in [0.25, 0.3) is 0 Å². The van der Waals surface area contributed by atoms with Gasteiger partial charge in [0.2, 0.25) is 0 Å². The van der Waals surface area contributed by atoms with Crippen molar-refractivity contribution >= 4 is 5.97 Å². The van der Waals surface area contributed by atoms with Gasteiger partial charge in [-0.1, -0.05) is 18.2 Å². The van der Waals surface area contributed by atoms with Gasteiger partial charge in [-0.05, 0) is 37.5 Å². The van der Waals surface area contributed by atoms with Crippen molar-refractivity contribution in [3.8, 4) is 17.2 Å². The number of fused-ring (bicyclic) bond motifs is 3. The van der Waals surface area contributed by atoms with Gasteiger partial charge in [-0.3, -0.25) is 0 Å². The van der Waals surface area contributed by atoms with E-state index in [1.165, 1.54) is 6.42 Å². The molecule has 1 saturated carbocycles. The molecular formula is C19H18O4. The molecule has 2 atom stereocenters. The lowest BCUT2D eigenvalue weighted by Gasteiger charge is -2.12. The fourth-order valence-corrected chi connectivity index (χ4v) is 3.51. The molecule has 2 aliphatic rings. The van der Waals surface area contributed by atoms with Crippen molar-refractivity contribution in [2.45, 2.75) is 31.3 Å². The first-order valence-electron chi connectivity index (χ1n) is 7.92. The molecule has 0 amide bonds. The molecule has 4 rings (SSSR count). The summed E-state index contributed by atoms with van der Waals surface area (Å²) in [6.07, 6.45) is 3.64. The maximum atomic E-state index is 12.3. The fraction of sp³-hybridized carbons (Fsp3) is 0.316. The van der Waals surface area contributed by atoms with Crippen LogP contribution in [0.1, 0.15) is 41.1 Å². The summed E-state index contributed by atoms with van der Waals surface area (Å²) in [6.45, 7) is 0. The molecule has 0 aromatic heterocycles. The van der Waals surface area contributed by atoms with Crippen molar-refractivity contribution < 1.29 is 19.0 Å². The predicted octanol–water partition coefficient (Wildman–Crippen LogP) is 3.94. The Morgan fingerprint density at radius 2 is 1.96 bits per heavy atom. The standard InChI is InChI=1S/C19H18O4/c1-21-17-11-16-14(13-8-5-9-15(13)22-16)10-18(17)23-19(20)12-6-3-2-4-7-12/h2-4,6-7,10-11,13,15H,5,8-9H2,1H3/t13-,15-/m1/s1. The highest BCUT2D eigenvalue weighted by atomic mass is 16.6. The Labute approximate surface area is 135 Å². The van der Waals surface area contributed by atoms with E-state index >= 15 is 0 Å². The van der Waals surface area contributed by atoms with Crippen LogP contribution in [0.4, 0.5) is 0 Å². The van der Waals surface area contributed by atoms with Crippen LogP contribution in [0.15, 0.2) is 42.5 Å². The molecule has 1 aliphatic heterocycles. The van der Waals surface area contributed by atoms with Gasteiger partial charge in [-0.15, -0.1) is 0 Å². The second-order valence-electron chi connectivity index (χ2n) is 5.99.